The summed E-state index contributed by atoms with van der Waals surface area (Å²) in [6, 6.07) is 11.5. The van der Waals surface area contributed by atoms with Crippen molar-refractivity contribution in [1.29, 1.82) is 0 Å². The molecular formula is C24H25N5O4. The lowest BCUT2D eigenvalue weighted by Crippen LogP contribution is -2.48. The SMILES string of the molecule is C#Cc1ccc(NC(=O)N2CCCN2C(=O)Nc2ccc(N3CCOCC3=O)c(C)c2)cc1. The molecule has 0 spiro atoms. The van der Waals surface area contributed by atoms with Crippen molar-refractivity contribution in [3.05, 3.63) is 53.6 Å². The van der Waals surface area contributed by atoms with E-state index in [4.69, 9.17) is 11.2 Å². The number of nitrogens with one attached hydrogen (secondary N) is 2. The number of aryl methyl sites for hydroxylation is 1. The minimum Gasteiger partial charge on any atom is -0.370 e. The molecule has 0 atom stereocenters. The molecule has 170 valence electrons. The number of carbonyl (C=O) groups excluding carboxylic acids is 3. The van der Waals surface area contributed by atoms with Gasteiger partial charge in [0.15, 0.2) is 0 Å². The highest BCUT2D eigenvalue weighted by Gasteiger charge is 2.31. The highest BCUT2D eigenvalue weighted by molar-refractivity contribution is 5.97. The molecule has 0 bridgehead atoms. The summed E-state index contributed by atoms with van der Waals surface area (Å²) in [7, 11) is 0. The summed E-state index contributed by atoms with van der Waals surface area (Å²) in [5, 5.41) is 8.41. The molecule has 2 aliphatic rings. The molecule has 5 amide bonds. The Hall–Kier alpha value is -4.03. The number of ether oxygens (including phenoxy) is 1. The number of terminal acetylenes is 1. The van der Waals surface area contributed by atoms with Crippen LogP contribution in [0.25, 0.3) is 0 Å². The number of benzene rings is 2. The maximum absolute atomic E-state index is 12.9. The van der Waals surface area contributed by atoms with E-state index >= 15 is 0 Å². The summed E-state index contributed by atoms with van der Waals surface area (Å²) in [5.41, 5.74) is 3.54. The van der Waals surface area contributed by atoms with Gasteiger partial charge in [-0.15, -0.1) is 6.42 Å². The highest BCUT2D eigenvalue weighted by Crippen LogP contribution is 2.25. The molecule has 2 aromatic rings. The van der Waals surface area contributed by atoms with Gasteiger partial charge in [-0.3, -0.25) is 4.79 Å². The number of urea groups is 2. The van der Waals surface area contributed by atoms with Gasteiger partial charge in [-0.05, 0) is 61.4 Å². The zero-order valence-corrected chi connectivity index (χ0v) is 18.3. The summed E-state index contributed by atoms with van der Waals surface area (Å²) >= 11 is 0. The monoisotopic (exact) mass is 447 g/mol. The summed E-state index contributed by atoms with van der Waals surface area (Å²) in [6.07, 6.45) is 6.03. The van der Waals surface area contributed by atoms with E-state index in [1.54, 1.807) is 35.2 Å². The molecule has 2 aromatic carbocycles. The fourth-order valence-electron chi connectivity index (χ4n) is 3.87. The van der Waals surface area contributed by atoms with Crippen molar-refractivity contribution in [2.45, 2.75) is 13.3 Å². The van der Waals surface area contributed by atoms with Gasteiger partial charge in [-0.1, -0.05) is 5.92 Å². The molecule has 0 radical (unpaired) electrons. The molecular weight excluding hydrogens is 422 g/mol. The number of anilines is 3. The van der Waals surface area contributed by atoms with E-state index in [0.717, 1.165) is 16.8 Å². The lowest BCUT2D eigenvalue weighted by Gasteiger charge is -2.29. The Morgan fingerprint density at radius 3 is 2.21 bits per heavy atom. The third-order valence-corrected chi connectivity index (χ3v) is 5.53. The van der Waals surface area contributed by atoms with Crippen molar-refractivity contribution in [3.63, 3.8) is 0 Å². The number of nitrogens with zero attached hydrogens (tertiary/aromatic N) is 3. The first kappa shape index (κ1) is 22.2. The molecule has 9 nitrogen and oxygen atoms in total. The van der Waals surface area contributed by atoms with E-state index in [2.05, 4.69) is 16.6 Å². The van der Waals surface area contributed by atoms with E-state index < -0.39 is 12.1 Å². The Balaban J connectivity index is 1.40. The molecule has 2 fully saturated rings. The van der Waals surface area contributed by atoms with Crippen LogP contribution < -0.4 is 15.5 Å². The van der Waals surface area contributed by atoms with Crippen LogP contribution in [0.4, 0.5) is 26.7 Å². The Bertz CT molecular complexity index is 1110. The fourth-order valence-corrected chi connectivity index (χ4v) is 3.87. The van der Waals surface area contributed by atoms with E-state index in [1.165, 1.54) is 10.0 Å². The fraction of sp³-hybridized carbons (Fsp3) is 0.292. The zero-order chi connectivity index (χ0) is 23.4. The van der Waals surface area contributed by atoms with Crippen LogP contribution in [-0.4, -0.2) is 60.8 Å². The number of amides is 5. The summed E-state index contributed by atoms with van der Waals surface area (Å²) in [6.45, 7) is 3.79. The molecule has 9 heteroatoms. The molecule has 0 saturated carbocycles. The van der Waals surface area contributed by atoms with E-state index in [1.807, 2.05) is 19.1 Å². The topological polar surface area (TPSA) is 94.2 Å². The molecule has 4 rings (SSSR count). The number of hydrogen-bond acceptors (Lipinski definition) is 4. The first-order valence-corrected chi connectivity index (χ1v) is 10.7. The summed E-state index contributed by atoms with van der Waals surface area (Å²) in [4.78, 5) is 39.5. The maximum Gasteiger partial charge on any atom is 0.340 e. The average molecular weight is 447 g/mol. The molecule has 33 heavy (non-hydrogen) atoms. The van der Waals surface area contributed by atoms with Crippen LogP contribution in [0.3, 0.4) is 0 Å². The second-order valence-electron chi connectivity index (χ2n) is 7.78. The minimum absolute atomic E-state index is 0.0683. The number of morpholine rings is 1. The van der Waals surface area contributed by atoms with Crippen molar-refractivity contribution in [3.8, 4) is 12.3 Å². The predicted molar refractivity (Wildman–Crippen MR) is 125 cm³/mol. The van der Waals surface area contributed by atoms with Crippen molar-refractivity contribution < 1.29 is 19.1 Å². The molecule has 2 saturated heterocycles. The van der Waals surface area contributed by atoms with Gasteiger partial charge in [0.25, 0.3) is 5.91 Å². The Morgan fingerprint density at radius 2 is 1.61 bits per heavy atom. The average Bonchev–Trinajstić information content (AvgIpc) is 3.31. The minimum atomic E-state index is -0.403. The highest BCUT2D eigenvalue weighted by atomic mass is 16.5. The smallest absolute Gasteiger partial charge is 0.340 e. The van der Waals surface area contributed by atoms with Gasteiger partial charge in [-0.2, -0.15) is 0 Å². The third kappa shape index (κ3) is 4.91. The van der Waals surface area contributed by atoms with Crippen molar-refractivity contribution in [1.82, 2.24) is 10.0 Å². The summed E-state index contributed by atoms with van der Waals surface area (Å²) in [5.74, 6) is 2.44. The van der Waals surface area contributed by atoms with E-state index in [-0.39, 0.29) is 12.5 Å². The largest absolute Gasteiger partial charge is 0.370 e. The maximum atomic E-state index is 12.9. The van der Waals surface area contributed by atoms with Crippen LogP contribution in [0.1, 0.15) is 17.5 Å². The first-order chi connectivity index (χ1) is 16.0. The second kappa shape index (κ2) is 9.63. The number of rotatable bonds is 3. The Morgan fingerprint density at radius 1 is 0.970 bits per heavy atom. The molecule has 2 N–H and O–H groups in total. The normalized spacial score (nSPS) is 15.9. The van der Waals surface area contributed by atoms with Gasteiger partial charge in [-0.25, -0.2) is 19.6 Å². The van der Waals surface area contributed by atoms with Crippen molar-refractivity contribution in [2.75, 3.05) is 48.4 Å². The number of hydrogen-bond donors (Lipinski definition) is 2. The van der Waals surface area contributed by atoms with Crippen LogP contribution in [0, 0.1) is 19.3 Å². The van der Waals surface area contributed by atoms with E-state index in [0.29, 0.717) is 44.0 Å². The molecule has 0 unspecified atom stereocenters. The van der Waals surface area contributed by atoms with Crippen molar-refractivity contribution >= 4 is 35.0 Å². The van der Waals surface area contributed by atoms with Crippen LogP contribution in [0.15, 0.2) is 42.5 Å². The van der Waals surface area contributed by atoms with Gasteiger partial charge in [0, 0.05) is 42.3 Å². The number of carbonyl (C=O) groups is 3. The van der Waals surface area contributed by atoms with E-state index in [9.17, 15) is 14.4 Å². The van der Waals surface area contributed by atoms with Crippen LogP contribution in [0.2, 0.25) is 0 Å². The molecule has 2 heterocycles. The zero-order valence-electron chi connectivity index (χ0n) is 18.3. The molecule has 2 aliphatic heterocycles. The van der Waals surface area contributed by atoms with Gasteiger partial charge >= 0.3 is 12.1 Å². The van der Waals surface area contributed by atoms with Gasteiger partial charge in [0.1, 0.15) is 6.61 Å². The van der Waals surface area contributed by atoms with Gasteiger partial charge < -0.3 is 20.3 Å². The lowest BCUT2D eigenvalue weighted by atomic mass is 10.1. The van der Waals surface area contributed by atoms with Gasteiger partial charge in [0.2, 0.25) is 0 Å². The molecule has 0 aliphatic carbocycles. The Kier molecular flexibility index (Phi) is 6.47. The number of hydrazine groups is 1. The van der Waals surface area contributed by atoms with Gasteiger partial charge in [0.05, 0.1) is 6.61 Å². The van der Waals surface area contributed by atoms with Crippen molar-refractivity contribution in [2.24, 2.45) is 0 Å². The van der Waals surface area contributed by atoms with Crippen LogP contribution in [0.5, 0.6) is 0 Å². The second-order valence-corrected chi connectivity index (χ2v) is 7.78. The predicted octanol–water partition coefficient (Wildman–Crippen LogP) is 3.03. The lowest BCUT2D eigenvalue weighted by molar-refractivity contribution is -0.125. The quantitative estimate of drug-likeness (QED) is 0.708. The Labute approximate surface area is 192 Å². The summed E-state index contributed by atoms with van der Waals surface area (Å²) < 4.78 is 5.18. The standard InChI is InChI=1S/C24H25N5O4/c1-3-18-5-7-19(8-6-18)25-23(31)28-11-4-12-29(28)24(32)26-20-9-10-21(17(2)15-20)27-13-14-33-16-22(27)30/h1,5-10,15H,4,11-14,16H2,2H3,(H,25,31)(H,26,32). The van der Waals surface area contributed by atoms with Crippen LogP contribution >= 0.6 is 0 Å². The first-order valence-electron chi connectivity index (χ1n) is 10.7. The third-order valence-electron chi connectivity index (χ3n) is 5.53. The molecule has 0 aromatic heterocycles. The van der Waals surface area contributed by atoms with Crippen LogP contribution in [-0.2, 0) is 9.53 Å².